The quantitative estimate of drug-likeness (QED) is 0.471. The summed E-state index contributed by atoms with van der Waals surface area (Å²) in [6.07, 6.45) is 0.310. The Hall–Kier alpha value is -2.57. The van der Waals surface area contributed by atoms with Crippen LogP contribution in [0.15, 0.2) is 52.0 Å². The largest absolute Gasteiger partial charge is 0.300 e. The van der Waals surface area contributed by atoms with Gasteiger partial charge in [-0.15, -0.1) is 22.7 Å². The van der Waals surface area contributed by atoms with Crippen LogP contribution < -0.4 is 5.56 Å². The fourth-order valence-electron chi connectivity index (χ4n) is 3.04. The second kappa shape index (κ2) is 7.21. The molecule has 0 saturated carbocycles. The summed E-state index contributed by atoms with van der Waals surface area (Å²) in [5.74, 6) is 0.675. The molecular formula is C21H18N2O2S2. The predicted octanol–water partition coefficient (Wildman–Crippen LogP) is 5.14. The zero-order valence-corrected chi connectivity index (χ0v) is 16.7. The molecule has 27 heavy (non-hydrogen) atoms. The molecule has 0 atom stereocenters. The normalized spacial score (nSPS) is 11.2. The highest BCUT2D eigenvalue weighted by atomic mass is 32.1. The number of aryl methyl sites for hydroxylation is 1. The van der Waals surface area contributed by atoms with E-state index in [1.807, 2.05) is 54.1 Å². The molecule has 4 rings (SSSR count). The van der Waals surface area contributed by atoms with E-state index >= 15 is 0 Å². The van der Waals surface area contributed by atoms with E-state index in [1.54, 1.807) is 22.8 Å². The van der Waals surface area contributed by atoms with E-state index in [-0.39, 0.29) is 11.3 Å². The van der Waals surface area contributed by atoms with E-state index in [0.29, 0.717) is 24.2 Å². The molecule has 0 aliphatic rings. The van der Waals surface area contributed by atoms with Crippen molar-refractivity contribution in [3.63, 3.8) is 0 Å². The number of Topliss-reactive ketones (excluding diaryl/α,β-unsaturated/α-hetero) is 1. The third kappa shape index (κ3) is 3.38. The Labute approximate surface area is 164 Å². The van der Waals surface area contributed by atoms with Gasteiger partial charge in [0.25, 0.3) is 5.56 Å². The molecule has 0 unspecified atom stereocenters. The maximum Gasteiger partial charge on any atom is 0.263 e. The van der Waals surface area contributed by atoms with Crippen LogP contribution in [0.25, 0.3) is 32.0 Å². The van der Waals surface area contributed by atoms with E-state index < -0.39 is 0 Å². The van der Waals surface area contributed by atoms with Crippen LogP contribution in [0.5, 0.6) is 0 Å². The zero-order chi connectivity index (χ0) is 19.0. The van der Waals surface area contributed by atoms with Gasteiger partial charge in [0.1, 0.15) is 16.4 Å². The smallest absolute Gasteiger partial charge is 0.263 e. The monoisotopic (exact) mass is 394 g/mol. The van der Waals surface area contributed by atoms with Crippen LogP contribution in [-0.2, 0) is 11.3 Å². The lowest BCUT2D eigenvalue weighted by molar-refractivity contribution is -0.117. The molecule has 0 saturated heterocycles. The molecule has 0 aliphatic carbocycles. The lowest BCUT2D eigenvalue weighted by Gasteiger charge is -2.12. The van der Waals surface area contributed by atoms with Gasteiger partial charge in [-0.2, -0.15) is 0 Å². The minimum absolute atomic E-state index is 0.0562. The number of hydrogen-bond acceptors (Lipinski definition) is 5. The van der Waals surface area contributed by atoms with Crippen LogP contribution in [0, 0.1) is 6.92 Å². The number of carbonyl (C=O) groups is 1. The third-order valence-electron chi connectivity index (χ3n) is 4.48. The summed E-state index contributed by atoms with van der Waals surface area (Å²) < 4.78 is 1.65. The summed E-state index contributed by atoms with van der Waals surface area (Å²) in [5, 5.41) is 4.64. The van der Waals surface area contributed by atoms with Gasteiger partial charge in [0.05, 0.1) is 5.39 Å². The molecule has 3 aromatic heterocycles. The fourth-order valence-corrected chi connectivity index (χ4v) is 4.79. The van der Waals surface area contributed by atoms with Crippen molar-refractivity contribution in [2.24, 2.45) is 0 Å². The summed E-state index contributed by atoms with van der Waals surface area (Å²) in [4.78, 5) is 31.6. The van der Waals surface area contributed by atoms with Crippen molar-refractivity contribution in [3.8, 4) is 21.8 Å². The van der Waals surface area contributed by atoms with E-state index in [2.05, 4.69) is 0 Å². The Kier molecular flexibility index (Phi) is 4.76. The number of ketones is 1. The van der Waals surface area contributed by atoms with Crippen molar-refractivity contribution in [1.82, 2.24) is 9.55 Å². The number of carbonyl (C=O) groups excluding carboxylic acids is 1. The van der Waals surface area contributed by atoms with Crippen molar-refractivity contribution < 1.29 is 4.79 Å². The third-order valence-corrected chi connectivity index (χ3v) is 6.25. The first-order valence-corrected chi connectivity index (χ1v) is 10.4. The Balaban J connectivity index is 1.97. The molecular weight excluding hydrogens is 376 g/mol. The minimum Gasteiger partial charge on any atom is -0.300 e. The Morgan fingerprint density at radius 3 is 2.59 bits per heavy atom. The molecule has 0 amide bonds. The van der Waals surface area contributed by atoms with Crippen LogP contribution >= 0.6 is 22.7 Å². The van der Waals surface area contributed by atoms with Gasteiger partial charge in [0, 0.05) is 34.3 Å². The molecule has 0 bridgehead atoms. The van der Waals surface area contributed by atoms with Gasteiger partial charge in [0.15, 0.2) is 0 Å². The van der Waals surface area contributed by atoms with Gasteiger partial charge in [-0.25, -0.2) is 4.98 Å². The highest BCUT2D eigenvalue weighted by Gasteiger charge is 2.18. The summed E-state index contributed by atoms with van der Waals surface area (Å²) in [6.45, 7) is 3.90. The minimum atomic E-state index is -0.0820. The molecule has 136 valence electrons. The standard InChI is InChI=1S/C21H18N2O2S2/c1-13-5-7-15(8-6-13)19-22-20-18(21(25)23(19)10-9-14(2)24)16(12-27-20)17-4-3-11-26-17/h3-8,11-12H,9-10H2,1-2H3. The van der Waals surface area contributed by atoms with Gasteiger partial charge in [-0.3, -0.25) is 14.2 Å². The van der Waals surface area contributed by atoms with Crippen molar-refractivity contribution in [2.75, 3.05) is 0 Å². The molecule has 4 nitrogen and oxygen atoms in total. The van der Waals surface area contributed by atoms with Crippen LogP contribution in [-0.4, -0.2) is 15.3 Å². The van der Waals surface area contributed by atoms with Crippen molar-refractivity contribution in [2.45, 2.75) is 26.8 Å². The lowest BCUT2D eigenvalue weighted by Crippen LogP contribution is -2.24. The summed E-state index contributed by atoms with van der Waals surface area (Å²) in [7, 11) is 0. The van der Waals surface area contributed by atoms with E-state index in [0.717, 1.165) is 26.4 Å². The van der Waals surface area contributed by atoms with E-state index in [4.69, 9.17) is 4.98 Å². The number of rotatable bonds is 5. The number of aromatic nitrogens is 2. The van der Waals surface area contributed by atoms with E-state index in [9.17, 15) is 9.59 Å². The predicted molar refractivity (Wildman–Crippen MR) is 113 cm³/mol. The SMILES string of the molecule is CC(=O)CCn1c(-c2ccc(C)cc2)nc2scc(-c3cccs3)c2c1=O. The first kappa shape index (κ1) is 17.8. The fraction of sp³-hybridized carbons (Fsp3) is 0.190. The highest BCUT2D eigenvalue weighted by Crippen LogP contribution is 2.34. The second-order valence-electron chi connectivity index (χ2n) is 6.52. The van der Waals surface area contributed by atoms with Crippen LogP contribution in [0.3, 0.4) is 0 Å². The molecule has 3 heterocycles. The maximum absolute atomic E-state index is 13.4. The molecule has 6 heteroatoms. The summed E-state index contributed by atoms with van der Waals surface area (Å²) >= 11 is 3.09. The van der Waals surface area contributed by atoms with Crippen LogP contribution in [0.2, 0.25) is 0 Å². The number of fused-ring (bicyclic) bond motifs is 1. The molecule has 4 aromatic rings. The van der Waals surface area contributed by atoms with Crippen molar-refractivity contribution >= 4 is 38.7 Å². The van der Waals surface area contributed by atoms with E-state index in [1.165, 1.54) is 11.3 Å². The summed E-state index contributed by atoms with van der Waals surface area (Å²) in [5.41, 5.74) is 2.87. The van der Waals surface area contributed by atoms with Gasteiger partial charge >= 0.3 is 0 Å². The number of benzene rings is 1. The van der Waals surface area contributed by atoms with Gasteiger partial charge in [-0.1, -0.05) is 35.9 Å². The molecule has 0 aliphatic heterocycles. The van der Waals surface area contributed by atoms with Gasteiger partial charge in [-0.05, 0) is 25.3 Å². The van der Waals surface area contributed by atoms with Crippen LogP contribution in [0.4, 0.5) is 0 Å². The Morgan fingerprint density at radius 1 is 1.15 bits per heavy atom. The zero-order valence-electron chi connectivity index (χ0n) is 15.1. The number of hydrogen-bond donors (Lipinski definition) is 0. The van der Waals surface area contributed by atoms with Crippen LogP contribution in [0.1, 0.15) is 18.9 Å². The molecule has 1 aromatic carbocycles. The average molecular weight is 395 g/mol. The molecule has 0 radical (unpaired) electrons. The van der Waals surface area contributed by atoms with Gasteiger partial charge in [0.2, 0.25) is 0 Å². The summed E-state index contributed by atoms with van der Waals surface area (Å²) in [6, 6.07) is 12.0. The molecule has 0 fully saturated rings. The average Bonchev–Trinajstić information content (AvgIpc) is 3.30. The first-order chi connectivity index (χ1) is 13.0. The number of nitrogens with zero attached hydrogens (tertiary/aromatic N) is 2. The Morgan fingerprint density at radius 2 is 1.93 bits per heavy atom. The number of thiophene rings is 2. The lowest BCUT2D eigenvalue weighted by atomic mass is 10.1. The van der Waals surface area contributed by atoms with Crippen molar-refractivity contribution in [1.29, 1.82) is 0 Å². The molecule has 0 N–H and O–H groups in total. The van der Waals surface area contributed by atoms with Crippen molar-refractivity contribution in [3.05, 3.63) is 63.1 Å². The Bertz CT molecular complexity index is 1170. The topological polar surface area (TPSA) is 52.0 Å². The first-order valence-electron chi connectivity index (χ1n) is 8.67. The maximum atomic E-state index is 13.4. The second-order valence-corrected chi connectivity index (χ2v) is 8.32. The highest BCUT2D eigenvalue weighted by molar-refractivity contribution is 7.18. The van der Waals surface area contributed by atoms with Gasteiger partial charge < -0.3 is 0 Å². The molecule has 0 spiro atoms.